The number of carbonyl (C=O) groups is 3. The van der Waals surface area contributed by atoms with Crippen LogP contribution < -0.4 is 14.8 Å². The Bertz CT molecular complexity index is 989. The molecule has 2 heterocycles. The van der Waals surface area contributed by atoms with Crippen molar-refractivity contribution in [1.29, 1.82) is 0 Å². The zero-order valence-corrected chi connectivity index (χ0v) is 16.6. The molecule has 0 radical (unpaired) electrons. The average Bonchev–Trinajstić information content (AvgIpc) is 2.79. The summed E-state index contributed by atoms with van der Waals surface area (Å²) in [6, 6.07) is 11.3. The number of nitrogens with one attached hydrogen (secondary N) is 1. The van der Waals surface area contributed by atoms with E-state index < -0.39 is 12.1 Å². The number of hydrogen-bond acceptors (Lipinski definition) is 6. The Hall–Kier alpha value is -3.55. The number of nitrogens with zero attached hydrogens (tertiary/aromatic N) is 1. The molecule has 2 aromatic rings. The van der Waals surface area contributed by atoms with Crippen LogP contribution >= 0.6 is 0 Å². The second-order valence-corrected chi connectivity index (χ2v) is 6.99. The molecular weight excluding hydrogens is 388 g/mol. The lowest BCUT2D eigenvalue weighted by Crippen LogP contribution is -2.54. The number of ether oxygens (including phenoxy) is 3. The predicted octanol–water partition coefficient (Wildman–Crippen LogP) is 2.26. The zero-order chi connectivity index (χ0) is 21.1. The number of amides is 2. The van der Waals surface area contributed by atoms with Crippen LogP contribution in [0.15, 0.2) is 42.5 Å². The summed E-state index contributed by atoms with van der Waals surface area (Å²) < 4.78 is 16.6. The Kier molecular flexibility index (Phi) is 5.56. The van der Waals surface area contributed by atoms with Crippen molar-refractivity contribution in [3.8, 4) is 11.5 Å². The quantitative estimate of drug-likeness (QED) is 0.600. The standard InChI is InChI=1S/C22H22N2O6/c1-2-24-13-15(12-23-22(24)27)30-21(26)17-6-4-3-5-16(17)20(25)14-7-8-18-19(11-14)29-10-9-28-18/h3-8,11,15H,2,9-10,12-13H2,1H3,(H,23,27). The van der Waals surface area contributed by atoms with Gasteiger partial charge in [-0.3, -0.25) is 4.79 Å². The van der Waals surface area contributed by atoms with Gasteiger partial charge >= 0.3 is 12.0 Å². The maximum atomic E-state index is 13.1. The van der Waals surface area contributed by atoms with Gasteiger partial charge in [0.05, 0.1) is 18.7 Å². The first-order valence-electron chi connectivity index (χ1n) is 9.84. The molecule has 0 aliphatic carbocycles. The SMILES string of the molecule is CCN1CC(OC(=O)c2ccccc2C(=O)c2ccc3c(c2)OCCO3)CNC1=O. The first kappa shape index (κ1) is 19.8. The van der Waals surface area contributed by atoms with Crippen molar-refractivity contribution in [3.05, 3.63) is 59.2 Å². The van der Waals surface area contributed by atoms with Gasteiger partial charge in [-0.15, -0.1) is 0 Å². The van der Waals surface area contributed by atoms with Gasteiger partial charge in [0.25, 0.3) is 0 Å². The maximum Gasteiger partial charge on any atom is 0.339 e. The molecule has 2 aliphatic rings. The van der Waals surface area contributed by atoms with Crippen LogP contribution in [-0.2, 0) is 4.74 Å². The van der Waals surface area contributed by atoms with E-state index in [0.29, 0.717) is 43.4 Å². The second-order valence-electron chi connectivity index (χ2n) is 6.99. The Morgan fingerprint density at radius 2 is 1.83 bits per heavy atom. The lowest BCUT2D eigenvalue weighted by molar-refractivity contribution is 0.0184. The van der Waals surface area contributed by atoms with Crippen molar-refractivity contribution in [2.75, 3.05) is 32.8 Å². The van der Waals surface area contributed by atoms with Gasteiger partial charge in [-0.1, -0.05) is 18.2 Å². The third-order valence-electron chi connectivity index (χ3n) is 5.04. The molecule has 1 saturated heterocycles. The van der Waals surface area contributed by atoms with Gasteiger partial charge in [0.15, 0.2) is 17.3 Å². The van der Waals surface area contributed by atoms with Crippen LogP contribution in [0.5, 0.6) is 11.5 Å². The van der Waals surface area contributed by atoms with Crippen LogP contribution in [0.3, 0.4) is 0 Å². The topological polar surface area (TPSA) is 94.2 Å². The van der Waals surface area contributed by atoms with Crippen molar-refractivity contribution < 1.29 is 28.6 Å². The molecule has 8 nitrogen and oxygen atoms in total. The minimum absolute atomic E-state index is 0.178. The summed E-state index contributed by atoms with van der Waals surface area (Å²) in [5.41, 5.74) is 0.810. The highest BCUT2D eigenvalue weighted by molar-refractivity contribution is 6.14. The number of likely N-dealkylation sites (N-methyl/N-ethyl adjacent to an activating group) is 1. The summed E-state index contributed by atoms with van der Waals surface area (Å²) in [5, 5.41) is 2.70. The lowest BCUT2D eigenvalue weighted by atomic mass is 9.98. The summed E-state index contributed by atoms with van der Waals surface area (Å²) in [7, 11) is 0. The van der Waals surface area contributed by atoms with Crippen molar-refractivity contribution >= 4 is 17.8 Å². The van der Waals surface area contributed by atoms with Crippen LogP contribution in [0.2, 0.25) is 0 Å². The fraction of sp³-hybridized carbons (Fsp3) is 0.318. The smallest absolute Gasteiger partial charge is 0.339 e. The number of fused-ring (bicyclic) bond motifs is 1. The number of rotatable bonds is 5. The molecule has 8 heteroatoms. The monoisotopic (exact) mass is 410 g/mol. The minimum Gasteiger partial charge on any atom is -0.486 e. The summed E-state index contributed by atoms with van der Waals surface area (Å²) in [6.07, 6.45) is -0.493. The molecule has 0 saturated carbocycles. The highest BCUT2D eigenvalue weighted by Crippen LogP contribution is 2.31. The van der Waals surface area contributed by atoms with Gasteiger partial charge in [-0.2, -0.15) is 0 Å². The van der Waals surface area contributed by atoms with Crippen molar-refractivity contribution in [2.24, 2.45) is 0 Å². The van der Waals surface area contributed by atoms with Gasteiger partial charge in [0.1, 0.15) is 19.3 Å². The van der Waals surface area contributed by atoms with E-state index in [1.807, 2.05) is 6.92 Å². The molecule has 0 spiro atoms. The number of ketones is 1. The van der Waals surface area contributed by atoms with Crippen molar-refractivity contribution in [2.45, 2.75) is 13.0 Å². The molecule has 2 aromatic carbocycles. The van der Waals surface area contributed by atoms with Gasteiger partial charge in [-0.05, 0) is 31.2 Å². The van der Waals surface area contributed by atoms with E-state index in [1.165, 1.54) is 0 Å². The van der Waals surface area contributed by atoms with E-state index in [0.717, 1.165) is 0 Å². The fourth-order valence-electron chi connectivity index (χ4n) is 3.47. The Morgan fingerprint density at radius 3 is 2.60 bits per heavy atom. The molecule has 30 heavy (non-hydrogen) atoms. The number of hydrogen-bond donors (Lipinski definition) is 1. The fourth-order valence-corrected chi connectivity index (χ4v) is 3.47. The van der Waals surface area contributed by atoms with Crippen LogP contribution in [0.25, 0.3) is 0 Å². The number of benzene rings is 2. The average molecular weight is 410 g/mol. The van der Waals surface area contributed by atoms with Crippen molar-refractivity contribution in [3.63, 3.8) is 0 Å². The Labute approximate surface area is 173 Å². The largest absolute Gasteiger partial charge is 0.486 e. The molecule has 156 valence electrons. The van der Waals surface area contributed by atoms with Crippen LogP contribution in [-0.4, -0.2) is 61.6 Å². The second kappa shape index (κ2) is 8.44. The Balaban J connectivity index is 1.54. The van der Waals surface area contributed by atoms with E-state index in [2.05, 4.69) is 5.32 Å². The third kappa shape index (κ3) is 3.94. The van der Waals surface area contributed by atoms with Crippen LogP contribution in [0, 0.1) is 0 Å². The summed E-state index contributed by atoms with van der Waals surface area (Å²) in [5.74, 6) is 0.176. The van der Waals surface area contributed by atoms with Crippen molar-refractivity contribution in [1.82, 2.24) is 10.2 Å². The minimum atomic E-state index is -0.603. The summed E-state index contributed by atoms with van der Waals surface area (Å²) >= 11 is 0. The highest BCUT2D eigenvalue weighted by atomic mass is 16.6. The maximum absolute atomic E-state index is 13.1. The molecule has 1 atom stereocenters. The first-order valence-corrected chi connectivity index (χ1v) is 9.84. The molecule has 1 fully saturated rings. The molecule has 1 N–H and O–H groups in total. The molecule has 0 aromatic heterocycles. The highest BCUT2D eigenvalue weighted by Gasteiger charge is 2.28. The number of urea groups is 1. The van der Waals surface area contributed by atoms with Gasteiger partial charge < -0.3 is 24.4 Å². The lowest BCUT2D eigenvalue weighted by Gasteiger charge is -2.32. The third-order valence-corrected chi connectivity index (χ3v) is 5.04. The van der Waals surface area contributed by atoms with E-state index in [9.17, 15) is 14.4 Å². The molecule has 1 unspecified atom stereocenters. The first-order chi connectivity index (χ1) is 14.6. The summed E-state index contributed by atoms with van der Waals surface area (Å²) in [6.45, 7) is 3.79. The molecule has 2 amide bonds. The van der Waals surface area contributed by atoms with E-state index >= 15 is 0 Å². The normalized spacial score (nSPS) is 17.8. The molecular formula is C22H22N2O6. The number of carbonyl (C=O) groups excluding carboxylic acids is 3. The van der Waals surface area contributed by atoms with E-state index in [4.69, 9.17) is 14.2 Å². The molecule has 0 bridgehead atoms. The van der Waals surface area contributed by atoms with Gasteiger partial charge in [0.2, 0.25) is 0 Å². The molecule has 2 aliphatic heterocycles. The summed E-state index contributed by atoms with van der Waals surface area (Å²) in [4.78, 5) is 39.3. The number of esters is 1. The predicted molar refractivity (Wildman–Crippen MR) is 107 cm³/mol. The van der Waals surface area contributed by atoms with Crippen LogP contribution in [0.4, 0.5) is 4.79 Å². The van der Waals surface area contributed by atoms with Gasteiger partial charge in [0, 0.05) is 17.7 Å². The van der Waals surface area contributed by atoms with Gasteiger partial charge in [-0.25, -0.2) is 9.59 Å². The molecule has 4 rings (SSSR count). The zero-order valence-electron chi connectivity index (χ0n) is 16.6. The Morgan fingerprint density at radius 1 is 1.10 bits per heavy atom. The van der Waals surface area contributed by atoms with Crippen LogP contribution in [0.1, 0.15) is 33.2 Å². The van der Waals surface area contributed by atoms with E-state index in [1.54, 1.807) is 47.4 Å². The van der Waals surface area contributed by atoms with E-state index in [-0.39, 0.29) is 29.5 Å².